The monoisotopic (exact) mass is 404 g/mol. The summed E-state index contributed by atoms with van der Waals surface area (Å²) in [5, 5.41) is 13.8. The van der Waals surface area contributed by atoms with Crippen molar-refractivity contribution in [2.45, 2.75) is 0 Å². The van der Waals surface area contributed by atoms with Crippen molar-refractivity contribution >= 4 is 28.4 Å². The number of halogens is 1. The molecule has 7 nitrogen and oxygen atoms in total. The number of hydrogen-bond donors (Lipinski definition) is 1. The molecule has 0 saturated carbocycles. The van der Waals surface area contributed by atoms with Crippen LogP contribution in [-0.4, -0.2) is 10.8 Å². The molecule has 148 valence electrons. The number of nitro benzene ring substituents is 1. The highest BCUT2D eigenvalue weighted by Gasteiger charge is 2.20. The molecule has 4 rings (SSSR count). The average Bonchev–Trinajstić information content (AvgIpc) is 2.75. The zero-order valence-corrected chi connectivity index (χ0v) is 15.3. The Morgan fingerprint density at radius 3 is 2.47 bits per heavy atom. The zero-order chi connectivity index (χ0) is 21.3. The van der Waals surface area contributed by atoms with Crippen LogP contribution in [0.5, 0.6) is 0 Å². The molecule has 1 heterocycles. The maximum Gasteiger partial charge on any atom is 0.270 e. The maximum absolute atomic E-state index is 13.4. The Hall–Kier alpha value is -4.33. The fourth-order valence-electron chi connectivity index (χ4n) is 3.04. The van der Waals surface area contributed by atoms with Crippen LogP contribution in [-0.2, 0) is 0 Å². The van der Waals surface area contributed by atoms with Crippen LogP contribution in [0.2, 0.25) is 0 Å². The quantitative estimate of drug-likeness (QED) is 0.390. The molecule has 1 N–H and O–H groups in total. The van der Waals surface area contributed by atoms with Crippen LogP contribution in [0.15, 0.2) is 82.0 Å². The highest BCUT2D eigenvalue weighted by Crippen LogP contribution is 2.29. The van der Waals surface area contributed by atoms with Crippen molar-refractivity contribution in [1.29, 1.82) is 0 Å². The Morgan fingerprint density at radius 2 is 1.73 bits per heavy atom. The number of hydrogen-bond acceptors (Lipinski definition) is 5. The Morgan fingerprint density at radius 1 is 1.00 bits per heavy atom. The first-order chi connectivity index (χ1) is 14.4. The molecule has 4 aromatic rings. The number of para-hydroxylation sites is 1. The minimum atomic E-state index is -0.694. The third-order valence-electron chi connectivity index (χ3n) is 4.48. The summed E-state index contributed by atoms with van der Waals surface area (Å²) in [6.45, 7) is 0. The van der Waals surface area contributed by atoms with Gasteiger partial charge >= 0.3 is 0 Å². The molecule has 0 aliphatic carbocycles. The molecule has 0 aliphatic heterocycles. The van der Waals surface area contributed by atoms with E-state index < -0.39 is 22.1 Å². The lowest BCUT2D eigenvalue weighted by Crippen LogP contribution is -2.16. The molecular weight excluding hydrogens is 391 g/mol. The fourth-order valence-corrected chi connectivity index (χ4v) is 3.04. The van der Waals surface area contributed by atoms with Crippen molar-refractivity contribution in [3.05, 3.63) is 105 Å². The molecule has 0 radical (unpaired) electrons. The van der Waals surface area contributed by atoms with Gasteiger partial charge in [-0.2, -0.15) is 0 Å². The van der Waals surface area contributed by atoms with Gasteiger partial charge in [0.2, 0.25) is 11.3 Å². The van der Waals surface area contributed by atoms with Crippen molar-refractivity contribution in [2.75, 3.05) is 5.32 Å². The third kappa shape index (κ3) is 3.53. The molecule has 0 fully saturated rings. The van der Waals surface area contributed by atoms with Crippen LogP contribution in [0, 0.1) is 15.9 Å². The number of fused-ring (bicyclic) bond motifs is 1. The first-order valence-corrected chi connectivity index (χ1v) is 8.81. The molecule has 30 heavy (non-hydrogen) atoms. The van der Waals surface area contributed by atoms with Crippen molar-refractivity contribution in [3.8, 4) is 11.1 Å². The molecule has 0 spiro atoms. The molecule has 0 bridgehead atoms. The molecule has 0 unspecified atom stereocenters. The van der Waals surface area contributed by atoms with E-state index >= 15 is 0 Å². The number of nitro groups is 1. The van der Waals surface area contributed by atoms with Crippen LogP contribution in [0.1, 0.15) is 10.4 Å². The second-order valence-electron chi connectivity index (χ2n) is 6.40. The van der Waals surface area contributed by atoms with Gasteiger partial charge in [-0.1, -0.05) is 30.3 Å². The number of anilines is 1. The standard InChI is InChI=1S/C22H13FN2O5/c23-15-10-8-13(9-11-15)19-20(26)17-6-1-2-7-18(17)30-22(19)24-21(27)14-4-3-5-16(12-14)25(28)29/h1-12H,(H,24,27). The Kier molecular flexibility index (Phi) is 4.81. The second-order valence-corrected chi connectivity index (χ2v) is 6.40. The number of carbonyl (C=O) groups is 1. The van der Waals surface area contributed by atoms with Gasteiger partial charge < -0.3 is 4.42 Å². The predicted molar refractivity (Wildman–Crippen MR) is 109 cm³/mol. The summed E-state index contributed by atoms with van der Waals surface area (Å²) in [6.07, 6.45) is 0. The molecule has 0 atom stereocenters. The molecule has 1 amide bonds. The van der Waals surface area contributed by atoms with Gasteiger partial charge in [0.1, 0.15) is 11.4 Å². The van der Waals surface area contributed by atoms with E-state index in [0.717, 1.165) is 6.07 Å². The van der Waals surface area contributed by atoms with Crippen LogP contribution >= 0.6 is 0 Å². The number of non-ortho nitro benzene ring substituents is 1. The number of nitrogens with zero attached hydrogens (tertiary/aromatic N) is 1. The normalized spacial score (nSPS) is 10.7. The summed E-state index contributed by atoms with van der Waals surface area (Å²) in [6, 6.07) is 16.9. The average molecular weight is 404 g/mol. The number of carbonyl (C=O) groups excluding carboxylic acids is 1. The molecule has 0 saturated heterocycles. The van der Waals surface area contributed by atoms with Crippen LogP contribution in [0.3, 0.4) is 0 Å². The van der Waals surface area contributed by atoms with Gasteiger partial charge in [-0.05, 0) is 35.9 Å². The minimum absolute atomic E-state index is 0.0186. The predicted octanol–water partition coefficient (Wildman–Crippen LogP) is 4.76. The van der Waals surface area contributed by atoms with Crippen molar-refractivity contribution < 1.29 is 18.5 Å². The maximum atomic E-state index is 13.4. The Labute approximate surface area is 168 Å². The van der Waals surface area contributed by atoms with E-state index in [-0.39, 0.29) is 28.3 Å². The van der Waals surface area contributed by atoms with E-state index in [0.29, 0.717) is 10.9 Å². The highest BCUT2D eigenvalue weighted by molar-refractivity contribution is 6.06. The third-order valence-corrected chi connectivity index (χ3v) is 4.48. The second kappa shape index (κ2) is 7.59. The van der Waals surface area contributed by atoms with E-state index in [2.05, 4.69) is 5.32 Å². The Bertz CT molecular complexity index is 1350. The van der Waals surface area contributed by atoms with Gasteiger partial charge in [-0.3, -0.25) is 25.0 Å². The van der Waals surface area contributed by atoms with Gasteiger partial charge in [0.05, 0.1) is 15.9 Å². The van der Waals surface area contributed by atoms with Gasteiger partial charge in [0.15, 0.2) is 0 Å². The minimum Gasteiger partial charge on any atom is -0.439 e. The Balaban J connectivity index is 1.85. The summed E-state index contributed by atoms with van der Waals surface area (Å²) in [7, 11) is 0. The SMILES string of the molecule is O=C(Nc1oc2ccccc2c(=O)c1-c1ccc(F)cc1)c1cccc([N+](=O)[O-])c1. The van der Waals surface area contributed by atoms with Crippen molar-refractivity contribution in [1.82, 2.24) is 0 Å². The zero-order valence-electron chi connectivity index (χ0n) is 15.3. The van der Waals surface area contributed by atoms with E-state index in [9.17, 15) is 24.1 Å². The fraction of sp³-hybridized carbons (Fsp3) is 0. The smallest absolute Gasteiger partial charge is 0.270 e. The summed E-state index contributed by atoms with van der Waals surface area (Å²) in [5.74, 6) is -1.31. The van der Waals surface area contributed by atoms with E-state index in [1.54, 1.807) is 24.3 Å². The summed E-state index contributed by atoms with van der Waals surface area (Å²) in [4.78, 5) is 36.2. The number of amides is 1. The molecule has 1 aromatic heterocycles. The molecular formula is C22H13FN2O5. The van der Waals surface area contributed by atoms with Crippen molar-refractivity contribution in [3.63, 3.8) is 0 Å². The van der Waals surface area contributed by atoms with E-state index in [1.807, 2.05) is 0 Å². The highest BCUT2D eigenvalue weighted by atomic mass is 19.1. The summed E-state index contributed by atoms with van der Waals surface area (Å²) < 4.78 is 19.1. The first-order valence-electron chi connectivity index (χ1n) is 8.81. The van der Waals surface area contributed by atoms with Gasteiger partial charge in [-0.25, -0.2) is 4.39 Å². The summed E-state index contributed by atoms with van der Waals surface area (Å²) in [5.41, 5.74) is 0.0182. The lowest BCUT2D eigenvalue weighted by atomic mass is 10.0. The van der Waals surface area contributed by atoms with Crippen molar-refractivity contribution in [2.24, 2.45) is 0 Å². The van der Waals surface area contributed by atoms with E-state index in [4.69, 9.17) is 4.42 Å². The lowest BCUT2D eigenvalue weighted by Gasteiger charge is -2.11. The van der Waals surface area contributed by atoms with Crippen LogP contribution in [0.4, 0.5) is 16.0 Å². The van der Waals surface area contributed by atoms with Crippen LogP contribution in [0.25, 0.3) is 22.1 Å². The van der Waals surface area contributed by atoms with Gasteiger partial charge in [0.25, 0.3) is 11.6 Å². The number of benzene rings is 3. The molecule has 0 aliphatic rings. The lowest BCUT2D eigenvalue weighted by molar-refractivity contribution is -0.384. The largest absolute Gasteiger partial charge is 0.439 e. The number of nitrogens with one attached hydrogen (secondary N) is 1. The topological polar surface area (TPSA) is 102 Å². The molecule has 3 aromatic carbocycles. The number of rotatable bonds is 4. The van der Waals surface area contributed by atoms with Crippen LogP contribution < -0.4 is 10.7 Å². The van der Waals surface area contributed by atoms with Gasteiger partial charge in [-0.15, -0.1) is 0 Å². The summed E-state index contributed by atoms with van der Waals surface area (Å²) >= 11 is 0. The molecule has 8 heteroatoms. The van der Waals surface area contributed by atoms with Gasteiger partial charge in [0, 0.05) is 17.7 Å². The first kappa shape index (κ1) is 19.0. The van der Waals surface area contributed by atoms with E-state index in [1.165, 1.54) is 42.5 Å².